The third-order valence-corrected chi connectivity index (χ3v) is 3.92. The highest BCUT2D eigenvalue weighted by Gasteiger charge is 2.24. The zero-order valence-corrected chi connectivity index (χ0v) is 12.9. The lowest BCUT2D eigenvalue weighted by Gasteiger charge is -2.37. The first kappa shape index (κ1) is 14.4. The fraction of sp³-hybridized carbons (Fsp3) is 0.647. The average molecular weight is 260 g/mol. The smallest absolute Gasteiger partial charge is 0.0414 e. The van der Waals surface area contributed by atoms with Crippen molar-refractivity contribution in [3.8, 4) is 0 Å². The lowest BCUT2D eigenvalue weighted by molar-refractivity contribution is 0.373. The van der Waals surface area contributed by atoms with Crippen LogP contribution < -0.4 is 10.2 Å². The molecule has 1 aromatic rings. The molecule has 0 saturated heterocycles. The quantitative estimate of drug-likeness (QED) is 0.881. The Morgan fingerprint density at radius 1 is 1.26 bits per heavy atom. The predicted molar refractivity (Wildman–Crippen MR) is 83.8 cm³/mol. The molecular formula is C17H28N2. The van der Waals surface area contributed by atoms with Gasteiger partial charge in [-0.25, -0.2) is 0 Å². The van der Waals surface area contributed by atoms with Gasteiger partial charge in [0.25, 0.3) is 0 Å². The number of hydrogen-bond donors (Lipinski definition) is 1. The van der Waals surface area contributed by atoms with Crippen molar-refractivity contribution in [1.29, 1.82) is 0 Å². The fourth-order valence-corrected chi connectivity index (χ4v) is 2.79. The minimum atomic E-state index is 0.410. The minimum Gasteiger partial charge on any atom is -0.371 e. The highest BCUT2D eigenvalue weighted by Crippen LogP contribution is 2.34. The Balaban J connectivity index is 2.13. The van der Waals surface area contributed by atoms with Crippen LogP contribution >= 0.6 is 0 Å². The number of nitrogens with zero attached hydrogens (tertiary/aromatic N) is 1. The predicted octanol–water partition coefficient (Wildman–Crippen LogP) is 3.98. The van der Waals surface area contributed by atoms with Crippen molar-refractivity contribution in [1.82, 2.24) is 5.32 Å². The van der Waals surface area contributed by atoms with E-state index in [0.717, 1.165) is 6.54 Å². The summed E-state index contributed by atoms with van der Waals surface area (Å²) in [5.41, 5.74) is 3.32. The van der Waals surface area contributed by atoms with E-state index in [4.69, 9.17) is 0 Å². The molecule has 0 bridgehead atoms. The van der Waals surface area contributed by atoms with Crippen LogP contribution in [0.15, 0.2) is 24.3 Å². The Morgan fingerprint density at radius 3 is 2.68 bits per heavy atom. The number of para-hydroxylation sites is 1. The molecule has 1 aromatic carbocycles. The van der Waals surface area contributed by atoms with E-state index in [1.54, 1.807) is 0 Å². The zero-order chi connectivity index (χ0) is 13.9. The highest BCUT2D eigenvalue weighted by atomic mass is 15.1. The molecule has 1 unspecified atom stereocenters. The molecule has 1 aliphatic rings. The molecule has 2 rings (SSSR count). The number of anilines is 1. The van der Waals surface area contributed by atoms with Crippen molar-refractivity contribution >= 4 is 5.69 Å². The molecule has 1 atom stereocenters. The van der Waals surface area contributed by atoms with Crippen LogP contribution in [0.2, 0.25) is 0 Å². The maximum absolute atomic E-state index is 3.61. The van der Waals surface area contributed by atoms with Crippen LogP contribution in [0.1, 0.15) is 52.1 Å². The van der Waals surface area contributed by atoms with Gasteiger partial charge >= 0.3 is 0 Å². The standard InChI is InChI=1S/C17H28N2/c1-5-18-15-10-12-19(13-11-17(2,3)4)16-9-7-6-8-14(15)16/h6-9,15,18H,5,10-13H2,1-4H3. The van der Waals surface area contributed by atoms with Crippen molar-refractivity contribution in [3.63, 3.8) is 0 Å². The molecule has 2 heteroatoms. The summed E-state index contributed by atoms with van der Waals surface area (Å²) >= 11 is 0. The van der Waals surface area contributed by atoms with Crippen LogP contribution in [-0.2, 0) is 0 Å². The Morgan fingerprint density at radius 2 is 2.00 bits per heavy atom. The van der Waals surface area contributed by atoms with Crippen molar-refractivity contribution in [2.45, 2.75) is 46.6 Å². The first-order chi connectivity index (χ1) is 9.01. The molecule has 0 aromatic heterocycles. The molecule has 0 spiro atoms. The molecule has 1 N–H and O–H groups in total. The van der Waals surface area contributed by atoms with Gasteiger partial charge in [0.1, 0.15) is 0 Å². The van der Waals surface area contributed by atoms with Crippen molar-refractivity contribution in [3.05, 3.63) is 29.8 Å². The Labute approximate surface area is 118 Å². The van der Waals surface area contributed by atoms with Gasteiger partial charge in [0.05, 0.1) is 0 Å². The summed E-state index contributed by atoms with van der Waals surface area (Å²) in [6.45, 7) is 12.5. The van der Waals surface area contributed by atoms with Crippen molar-refractivity contribution < 1.29 is 0 Å². The summed E-state index contributed by atoms with van der Waals surface area (Å²) in [5.74, 6) is 0. The number of fused-ring (bicyclic) bond motifs is 1. The number of nitrogens with one attached hydrogen (secondary N) is 1. The van der Waals surface area contributed by atoms with Gasteiger partial charge in [-0.05, 0) is 36.4 Å². The molecular weight excluding hydrogens is 232 g/mol. The first-order valence-corrected chi connectivity index (χ1v) is 7.58. The van der Waals surface area contributed by atoms with E-state index in [9.17, 15) is 0 Å². The van der Waals surface area contributed by atoms with E-state index in [0.29, 0.717) is 11.5 Å². The molecule has 2 nitrogen and oxygen atoms in total. The van der Waals surface area contributed by atoms with Gasteiger partial charge in [0, 0.05) is 24.8 Å². The fourth-order valence-electron chi connectivity index (χ4n) is 2.79. The monoisotopic (exact) mass is 260 g/mol. The molecule has 19 heavy (non-hydrogen) atoms. The lowest BCUT2D eigenvalue weighted by Crippen LogP contribution is -2.37. The zero-order valence-electron chi connectivity index (χ0n) is 12.9. The van der Waals surface area contributed by atoms with Gasteiger partial charge in [-0.1, -0.05) is 45.9 Å². The van der Waals surface area contributed by atoms with Gasteiger partial charge in [-0.15, -0.1) is 0 Å². The van der Waals surface area contributed by atoms with Crippen LogP contribution in [0.25, 0.3) is 0 Å². The third kappa shape index (κ3) is 3.73. The highest BCUT2D eigenvalue weighted by molar-refractivity contribution is 5.57. The summed E-state index contributed by atoms with van der Waals surface area (Å²) in [7, 11) is 0. The Hall–Kier alpha value is -1.02. The molecule has 0 fully saturated rings. The van der Waals surface area contributed by atoms with Crippen molar-refractivity contribution in [2.24, 2.45) is 5.41 Å². The first-order valence-electron chi connectivity index (χ1n) is 7.58. The van der Waals surface area contributed by atoms with E-state index < -0.39 is 0 Å². The molecule has 0 radical (unpaired) electrons. The topological polar surface area (TPSA) is 15.3 Å². The summed E-state index contributed by atoms with van der Waals surface area (Å²) in [4.78, 5) is 2.56. The average Bonchev–Trinajstić information content (AvgIpc) is 2.37. The normalized spacial score (nSPS) is 19.4. The summed E-state index contributed by atoms with van der Waals surface area (Å²) in [5, 5.41) is 3.61. The summed E-state index contributed by atoms with van der Waals surface area (Å²) in [6.07, 6.45) is 2.46. The van der Waals surface area contributed by atoms with E-state index in [1.165, 1.54) is 37.2 Å². The van der Waals surface area contributed by atoms with E-state index in [-0.39, 0.29) is 0 Å². The van der Waals surface area contributed by atoms with Gasteiger partial charge < -0.3 is 10.2 Å². The van der Waals surface area contributed by atoms with Gasteiger partial charge in [-0.3, -0.25) is 0 Å². The second-order valence-corrected chi connectivity index (χ2v) is 6.76. The van der Waals surface area contributed by atoms with Gasteiger partial charge in [0.2, 0.25) is 0 Å². The Bertz CT molecular complexity index is 406. The van der Waals surface area contributed by atoms with E-state index in [1.807, 2.05) is 0 Å². The van der Waals surface area contributed by atoms with Crippen LogP contribution in [0.3, 0.4) is 0 Å². The molecule has 0 aliphatic carbocycles. The van der Waals surface area contributed by atoms with E-state index in [2.05, 4.69) is 62.2 Å². The van der Waals surface area contributed by atoms with Gasteiger partial charge in [0.15, 0.2) is 0 Å². The van der Waals surface area contributed by atoms with Crippen LogP contribution in [0.4, 0.5) is 5.69 Å². The number of hydrogen-bond acceptors (Lipinski definition) is 2. The second kappa shape index (κ2) is 5.96. The van der Waals surface area contributed by atoms with Crippen LogP contribution in [0.5, 0.6) is 0 Å². The van der Waals surface area contributed by atoms with Gasteiger partial charge in [-0.2, -0.15) is 0 Å². The van der Waals surface area contributed by atoms with Crippen LogP contribution in [0, 0.1) is 5.41 Å². The SMILES string of the molecule is CCNC1CCN(CCC(C)(C)C)c2ccccc21. The number of benzene rings is 1. The number of rotatable bonds is 4. The Kier molecular flexibility index (Phi) is 4.51. The minimum absolute atomic E-state index is 0.410. The molecule has 0 amide bonds. The molecule has 1 heterocycles. The van der Waals surface area contributed by atoms with Crippen LogP contribution in [-0.4, -0.2) is 19.6 Å². The summed E-state index contributed by atoms with van der Waals surface area (Å²) < 4.78 is 0. The largest absolute Gasteiger partial charge is 0.371 e. The maximum Gasteiger partial charge on any atom is 0.0414 e. The molecule has 0 saturated carbocycles. The van der Waals surface area contributed by atoms with Crippen molar-refractivity contribution in [2.75, 3.05) is 24.5 Å². The second-order valence-electron chi connectivity index (χ2n) is 6.76. The molecule has 1 aliphatic heterocycles. The molecule has 106 valence electrons. The lowest BCUT2D eigenvalue weighted by atomic mass is 9.90. The van der Waals surface area contributed by atoms with E-state index >= 15 is 0 Å². The third-order valence-electron chi connectivity index (χ3n) is 3.92. The maximum atomic E-state index is 3.61. The summed E-state index contributed by atoms with van der Waals surface area (Å²) in [6, 6.07) is 9.42.